The molecule has 3 N–H and O–H groups in total. The molecule has 1 aliphatic rings. The van der Waals surface area contributed by atoms with Crippen LogP contribution in [-0.2, 0) is 5.41 Å². The van der Waals surface area contributed by atoms with E-state index in [-0.39, 0.29) is 23.1 Å². The van der Waals surface area contributed by atoms with Gasteiger partial charge in [0.2, 0.25) is 0 Å². The van der Waals surface area contributed by atoms with Crippen molar-refractivity contribution in [3.8, 4) is 5.75 Å². The first kappa shape index (κ1) is 19.0. The predicted octanol–water partition coefficient (Wildman–Crippen LogP) is 4.79. The molecule has 0 saturated heterocycles. The molecule has 0 amide bonds. The Bertz CT molecular complexity index is 1020. The summed E-state index contributed by atoms with van der Waals surface area (Å²) in [6.45, 7) is 2.10. The third-order valence-electron chi connectivity index (χ3n) is 6.16. The Balaban J connectivity index is 1.54. The molecule has 1 unspecified atom stereocenters. The van der Waals surface area contributed by atoms with Crippen molar-refractivity contribution < 1.29 is 4.74 Å². The van der Waals surface area contributed by atoms with E-state index >= 15 is 0 Å². The molecule has 0 bridgehead atoms. The molecule has 1 aliphatic carbocycles. The Morgan fingerprint density at radius 1 is 1.18 bits per heavy atom. The number of aromatic amines is 1. The van der Waals surface area contributed by atoms with Crippen molar-refractivity contribution in [2.24, 2.45) is 5.73 Å². The first-order chi connectivity index (χ1) is 13.5. The Labute approximate surface area is 169 Å². The minimum absolute atomic E-state index is 0.0123. The summed E-state index contributed by atoms with van der Waals surface area (Å²) in [4.78, 5) is 14.6. The second-order valence-electron chi connectivity index (χ2n) is 7.80. The number of nitrogens with one attached hydrogen (secondary N) is 1. The van der Waals surface area contributed by atoms with Gasteiger partial charge in [0.15, 0.2) is 0 Å². The van der Waals surface area contributed by atoms with Crippen LogP contribution >= 0.6 is 11.6 Å². The van der Waals surface area contributed by atoms with Crippen LogP contribution < -0.4 is 16.0 Å². The van der Waals surface area contributed by atoms with Gasteiger partial charge in [0.25, 0.3) is 5.56 Å². The third kappa shape index (κ3) is 3.43. The number of nitrogens with two attached hydrogens (primary N) is 1. The lowest BCUT2D eigenvalue weighted by Crippen LogP contribution is -2.47. The van der Waals surface area contributed by atoms with E-state index in [1.165, 1.54) is 5.56 Å². The average Bonchev–Trinajstić information content (AvgIpc) is 2.70. The van der Waals surface area contributed by atoms with Crippen molar-refractivity contribution in [2.45, 2.75) is 50.2 Å². The fraction of sp³-hybridized carbons (Fsp3) is 0.348. The minimum Gasteiger partial charge on any atom is -0.489 e. The summed E-state index contributed by atoms with van der Waals surface area (Å²) in [7, 11) is 0. The van der Waals surface area contributed by atoms with Crippen molar-refractivity contribution in [1.82, 2.24) is 4.98 Å². The van der Waals surface area contributed by atoms with Crippen molar-refractivity contribution in [3.05, 3.63) is 75.7 Å². The van der Waals surface area contributed by atoms with Gasteiger partial charge in [-0.05, 0) is 61.8 Å². The Morgan fingerprint density at radius 3 is 2.57 bits per heavy atom. The van der Waals surface area contributed by atoms with E-state index in [1.54, 1.807) is 12.3 Å². The lowest BCUT2D eigenvalue weighted by molar-refractivity contribution is 0.107. The summed E-state index contributed by atoms with van der Waals surface area (Å²) in [5.74, 6) is 0.637. The number of rotatable bonds is 4. The second-order valence-corrected chi connectivity index (χ2v) is 8.21. The molecule has 0 spiro atoms. The van der Waals surface area contributed by atoms with Crippen LogP contribution in [0.5, 0.6) is 5.75 Å². The summed E-state index contributed by atoms with van der Waals surface area (Å²) in [6.07, 6.45) is 5.52. The number of halogens is 1. The van der Waals surface area contributed by atoms with Crippen LogP contribution in [0.2, 0.25) is 5.02 Å². The molecule has 1 aromatic heterocycles. The zero-order valence-electron chi connectivity index (χ0n) is 16.0. The number of hydrogen-bond donors (Lipinski definition) is 2. The SMILES string of the molecule is CC(N)C1(c2ccccc2)CCC(Oc2cc3cc[nH]c(=O)c3cc2Cl)CC1. The highest BCUT2D eigenvalue weighted by Gasteiger charge is 2.40. The zero-order chi connectivity index (χ0) is 19.7. The molecular weight excluding hydrogens is 372 g/mol. The quantitative estimate of drug-likeness (QED) is 0.666. The van der Waals surface area contributed by atoms with Crippen molar-refractivity contribution in [2.75, 3.05) is 0 Å². The standard InChI is InChI=1S/C23H25ClN2O2/c1-15(25)23(17-5-3-2-4-6-17)10-7-18(8-11-23)28-21-13-16-9-12-26-22(27)19(16)14-20(21)24/h2-6,9,12-15,18H,7-8,10-11,25H2,1H3,(H,26,27). The molecule has 1 atom stereocenters. The zero-order valence-corrected chi connectivity index (χ0v) is 16.7. The smallest absolute Gasteiger partial charge is 0.255 e. The van der Waals surface area contributed by atoms with Crippen LogP contribution in [-0.4, -0.2) is 17.1 Å². The Kier molecular flexibility index (Phi) is 5.17. The molecule has 0 radical (unpaired) electrons. The largest absolute Gasteiger partial charge is 0.489 e. The summed E-state index contributed by atoms with van der Waals surface area (Å²) in [5.41, 5.74) is 7.59. The van der Waals surface area contributed by atoms with E-state index in [0.717, 1.165) is 31.1 Å². The Hall–Kier alpha value is -2.30. The third-order valence-corrected chi connectivity index (χ3v) is 6.46. The van der Waals surface area contributed by atoms with Crippen LogP contribution in [0.4, 0.5) is 0 Å². The van der Waals surface area contributed by atoms with E-state index in [0.29, 0.717) is 16.2 Å². The highest BCUT2D eigenvalue weighted by atomic mass is 35.5. The molecule has 1 heterocycles. The lowest BCUT2D eigenvalue weighted by atomic mass is 9.65. The van der Waals surface area contributed by atoms with Crippen molar-refractivity contribution in [3.63, 3.8) is 0 Å². The lowest BCUT2D eigenvalue weighted by Gasteiger charge is -2.43. The first-order valence-corrected chi connectivity index (χ1v) is 10.2. The molecule has 28 heavy (non-hydrogen) atoms. The van der Waals surface area contributed by atoms with Gasteiger partial charge in [-0.25, -0.2) is 0 Å². The summed E-state index contributed by atoms with van der Waals surface area (Å²) >= 11 is 6.40. The van der Waals surface area contributed by atoms with E-state index in [4.69, 9.17) is 22.1 Å². The number of aromatic nitrogens is 1. The molecule has 3 aromatic rings. The molecule has 5 heteroatoms. The van der Waals surface area contributed by atoms with Gasteiger partial charge < -0.3 is 15.5 Å². The molecular formula is C23H25ClN2O2. The topological polar surface area (TPSA) is 68.1 Å². The van der Waals surface area contributed by atoms with Gasteiger partial charge in [-0.1, -0.05) is 41.9 Å². The molecule has 1 saturated carbocycles. The normalized spacial score (nSPS) is 23.5. The maximum Gasteiger partial charge on any atom is 0.255 e. The number of ether oxygens (including phenoxy) is 1. The van der Waals surface area contributed by atoms with Gasteiger partial charge in [0.05, 0.1) is 11.1 Å². The number of H-pyrrole nitrogens is 1. The predicted molar refractivity (Wildman–Crippen MR) is 114 cm³/mol. The van der Waals surface area contributed by atoms with E-state index in [2.05, 4.69) is 36.2 Å². The fourth-order valence-electron chi connectivity index (χ4n) is 4.46. The maximum absolute atomic E-state index is 11.9. The van der Waals surface area contributed by atoms with E-state index in [9.17, 15) is 4.79 Å². The fourth-order valence-corrected chi connectivity index (χ4v) is 4.67. The van der Waals surface area contributed by atoms with E-state index < -0.39 is 0 Å². The molecule has 4 nitrogen and oxygen atoms in total. The van der Waals surface area contributed by atoms with Gasteiger partial charge in [-0.15, -0.1) is 0 Å². The average molecular weight is 397 g/mol. The number of pyridine rings is 1. The number of hydrogen-bond acceptors (Lipinski definition) is 3. The number of fused-ring (bicyclic) bond motifs is 1. The molecule has 2 aromatic carbocycles. The van der Waals surface area contributed by atoms with Crippen LogP contribution in [0.3, 0.4) is 0 Å². The number of benzene rings is 2. The van der Waals surface area contributed by atoms with Crippen LogP contribution in [0, 0.1) is 0 Å². The Morgan fingerprint density at radius 2 is 1.89 bits per heavy atom. The van der Waals surface area contributed by atoms with Gasteiger partial charge in [0, 0.05) is 23.0 Å². The van der Waals surface area contributed by atoms with Crippen LogP contribution in [0.15, 0.2) is 59.5 Å². The summed E-state index contributed by atoms with van der Waals surface area (Å²) < 4.78 is 6.26. The molecule has 0 aliphatic heterocycles. The molecule has 4 rings (SSSR count). The van der Waals surface area contributed by atoms with E-state index in [1.807, 2.05) is 18.2 Å². The van der Waals surface area contributed by atoms with Gasteiger partial charge in [-0.2, -0.15) is 0 Å². The highest BCUT2D eigenvalue weighted by molar-refractivity contribution is 6.32. The maximum atomic E-state index is 11.9. The summed E-state index contributed by atoms with van der Waals surface area (Å²) in [5, 5.41) is 1.87. The van der Waals surface area contributed by atoms with Gasteiger partial charge in [0.1, 0.15) is 5.75 Å². The highest BCUT2D eigenvalue weighted by Crippen LogP contribution is 2.43. The van der Waals surface area contributed by atoms with Crippen LogP contribution in [0.1, 0.15) is 38.2 Å². The van der Waals surface area contributed by atoms with Crippen LogP contribution in [0.25, 0.3) is 10.8 Å². The second kappa shape index (κ2) is 7.61. The summed E-state index contributed by atoms with van der Waals surface area (Å²) in [6, 6.07) is 16.0. The van der Waals surface area contributed by atoms with Gasteiger partial charge in [-0.3, -0.25) is 4.79 Å². The first-order valence-electron chi connectivity index (χ1n) is 9.78. The van der Waals surface area contributed by atoms with Crippen molar-refractivity contribution in [1.29, 1.82) is 0 Å². The van der Waals surface area contributed by atoms with Crippen molar-refractivity contribution >= 4 is 22.4 Å². The minimum atomic E-state index is -0.145. The molecule has 146 valence electrons. The molecule has 1 fully saturated rings. The van der Waals surface area contributed by atoms with Gasteiger partial charge >= 0.3 is 0 Å². The monoisotopic (exact) mass is 396 g/mol.